The van der Waals surface area contributed by atoms with E-state index >= 15 is 0 Å². The Morgan fingerprint density at radius 1 is 1.05 bits per heavy atom. The van der Waals surface area contributed by atoms with Crippen LogP contribution in [0.4, 0.5) is 0 Å². The molecule has 0 amide bonds. The van der Waals surface area contributed by atoms with E-state index in [4.69, 9.17) is 17.0 Å². The van der Waals surface area contributed by atoms with Crippen LogP contribution >= 0.6 is 12.2 Å². The molecule has 2 rings (SSSR count). The second-order valence-electron chi connectivity index (χ2n) is 5.19. The third-order valence-corrected chi connectivity index (χ3v) is 4.05. The van der Waals surface area contributed by atoms with E-state index in [-0.39, 0.29) is 5.75 Å². The van der Waals surface area contributed by atoms with Crippen LogP contribution in [0.15, 0.2) is 54.6 Å². The van der Waals surface area contributed by atoms with Crippen molar-refractivity contribution in [3.8, 4) is 11.5 Å². The van der Waals surface area contributed by atoms with Gasteiger partial charge in [-0.15, -0.1) is 0 Å². The molecule has 0 spiro atoms. The summed E-state index contributed by atoms with van der Waals surface area (Å²) in [6.07, 6.45) is 0. The molecule has 21 heavy (non-hydrogen) atoms. The molecule has 110 valence electrons. The Bertz CT molecular complexity index is 610. The zero-order chi connectivity index (χ0) is 15.5. The van der Waals surface area contributed by atoms with Gasteiger partial charge in [0.25, 0.3) is 0 Å². The molecule has 1 unspecified atom stereocenters. The molecule has 0 saturated heterocycles. The highest BCUT2D eigenvalue weighted by Gasteiger charge is 2.35. The molecular weight excluding hydrogens is 282 g/mol. The van der Waals surface area contributed by atoms with Crippen LogP contribution in [0.25, 0.3) is 0 Å². The summed E-state index contributed by atoms with van der Waals surface area (Å²) in [5, 5.41) is 9.38. The average molecular weight is 301 g/mol. The summed E-state index contributed by atoms with van der Waals surface area (Å²) in [4.78, 5) is 2.56. The van der Waals surface area contributed by atoms with E-state index in [1.54, 1.807) is 24.3 Å². The van der Waals surface area contributed by atoms with E-state index in [9.17, 15) is 5.11 Å². The summed E-state index contributed by atoms with van der Waals surface area (Å²) in [6, 6.07) is 16.5. The Hall–Kier alpha value is -2.07. The van der Waals surface area contributed by atoms with Gasteiger partial charge in [0.05, 0.1) is 0 Å². The van der Waals surface area contributed by atoms with Gasteiger partial charge in [-0.1, -0.05) is 42.5 Å². The van der Waals surface area contributed by atoms with E-state index in [0.29, 0.717) is 10.7 Å². The topological polar surface area (TPSA) is 32.7 Å². The molecule has 0 saturated carbocycles. The lowest BCUT2D eigenvalue weighted by Gasteiger charge is -2.35. The Labute approximate surface area is 130 Å². The zero-order valence-electron chi connectivity index (χ0n) is 12.4. The predicted molar refractivity (Wildman–Crippen MR) is 88.8 cm³/mol. The molecule has 0 aliphatic rings. The third kappa shape index (κ3) is 3.34. The minimum Gasteiger partial charge on any atom is -0.508 e. The summed E-state index contributed by atoms with van der Waals surface area (Å²) >= 11 is 5.57. The van der Waals surface area contributed by atoms with Gasteiger partial charge in [-0.3, -0.25) is 0 Å². The quantitative estimate of drug-likeness (QED) is 0.875. The number of hydrogen-bond donors (Lipinski definition) is 1. The van der Waals surface area contributed by atoms with Crippen molar-refractivity contribution in [2.45, 2.75) is 12.5 Å². The van der Waals surface area contributed by atoms with Crippen LogP contribution in [0.5, 0.6) is 11.5 Å². The number of rotatable bonds is 4. The van der Waals surface area contributed by atoms with Gasteiger partial charge in [-0.2, -0.15) is 0 Å². The number of likely N-dealkylation sites (N-methyl/N-ethyl adjacent to an activating group) is 1. The van der Waals surface area contributed by atoms with Crippen LogP contribution < -0.4 is 4.74 Å². The number of hydrogen-bond acceptors (Lipinski definition) is 3. The lowest BCUT2D eigenvalue weighted by molar-refractivity contribution is 0.153. The summed E-state index contributed by atoms with van der Waals surface area (Å²) in [6.45, 7) is 1.96. The van der Waals surface area contributed by atoms with Gasteiger partial charge in [-0.25, -0.2) is 0 Å². The molecule has 4 heteroatoms. The van der Waals surface area contributed by atoms with E-state index in [1.807, 2.05) is 56.3 Å². The maximum atomic E-state index is 9.38. The molecule has 0 heterocycles. The second-order valence-corrected chi connectivity index (χ2v) is 5.58. The van der Waals surface area contributed by atoms with Crippen molar-refractivity contribution in [2.24, 2.45) is 0 Å². The van der Waals surface area contributed by atoms with Gasteiger partial charge in [-0.05, 0) is 31.2 Å². The zero-order valence-corrected chi connectivity index (χ0v) is 13.2. The fourth-order valence-corrected chi connectivity index (χ4v) is 2.32. The van der Waals surface area contributed by atoms with Crippen LogP contribution in [-0.4, -0.2) is 29.1 Å². The molecule has 2 aromatic rings. The number of aromatic hydroxyl groups is 1. The van der Waals surface area contributed by atoms with Crippen LogP contribution in [0.1, 0.15) is 12.5 Å². The predicted octanol–water partition coefficient (Wildman–Crippen LogP) is 3.58. The average Bonchev–Trinajstić information content (AvgIpc) is 2.49. The standard InChI is InChI=1S/C17H19NO2S/c1-17(16(21)18(2)3,13-7-5-4-6-8-13)20-15-11-9-14(19)10-12-15/h4-12,19H,1-3H3. The molecule has 0 bridgehead atoms. The lowest BCUT2D eigenvalue weighted by Crippen LogP contribution is -2.44. The SMILES string of the molecule is CN(C)C(=S)C(C)(Oc1ccc(O)cc1)c1ccccc1. The van der Waals surface area contributed by atoms with Crippen LogP contribution in [0.2, 0.25) is 0 Å². The normalized spacial score (nSPS) is 13.3. The van der Waals surface area contributed by atoms with Crippen molar-refractivity contribution < 1.29 is 9.84 Å². The third-order valence-electron chi connectivity index (χ3n) is 3.30. The fourth-order valence-electron chi connectivity index (χ4n) is 2.16. The molecule has 1 N–H and O–H groups in total. The number of phenolic OH excluding ortho intramolecular Hbond substituents is 1. The lowest BCUT2D eigenvalue weighted by atomic mass is 9.95. The molecule has 0 radical (unpaired) electrons. The van der Waals surface area contributed by atoms with Crippen LogP contribution in [-0.2, 0) is 5.60 Å². The number of benzene rings is 2. The number of thiocarbonyl (C=S) groups is 1. The van der Waals surface area contributed by atoms with Gasteiger partial charge >= 0.3 is 0 Å². The maximum absolute atomic E-state index is 9.38. The van der Waals surface area contributed by atoms with Crippen molar-refractivity contribution in [3.63, 3.8) is 0 Å². The Kier molecular flexibility index (Phi) is 4.48. The maximum Gasteiger partial charge on any atom is 0.181 e. The smallest absolute Gasteiger partial charge is 0.181 e. The highest BCUT2D eigenvalue weighted by atomic mass is 32.1. The molecule has 0 fully saturated rings. The summed E-state index contributed by atoms with van der Waals surface area (Å²) in [5.74, 6) is 0.863. The highest BCUT2D eigenvalue weighted by Crippen LogP contribution is 2.31. The first-order valence-corrected chi connectivity index (χ1v) is 7.09. The molecule has 3 nitrogen and oxygen atoms in total. The van der Waals surface area contributed by atoms with Crippen molar-refractivity contribution >= 4 is 17.2 Å². The van der Waals surface area contributed by atoms with E-state index in [1.165, 1.54) is 0 Å². The first-order chi connectivity index (χ1) is 9.93. The Balaban J connectivity index is 2.41. The molecule has 0 aromatic heterocycles. The Morgan fingerprint density at radius 2 is 1.62 bits per heavy atom. The first-order valence-electron chi connectivity index (χ1n) is 6.69. The molecule has 0 aliphatic carbocycles. The van der Waals surface area contributed by atoms with Crippen molar-refractivity contribution in [1.82, 2.24) is 4.90 Å². The fraction of sp³-hybridized carbons (Fsp3) is 0.235. The van der Waals surface area contributed by atoms with Crippen LogP contribution in [0, 0.1) is 0 Å². The van der Waals surface area contributed by atoms with Crippen molar-refractivity contribution in [2.75, 3.05) is 14.1 Å². The minimum atomic E-state index is -0.753. The van der Waals surface area contributed by atoms with Gasteiger partial charge < -0.3 is 14.7 Å². The molecule has 2 aromatic carbocycles. The van der Waals surface area contributed by atoms with E-state index < -0.39 is 5.60 Å². The van der Waals surface area contributed by atoms with Crippen molar-refractivity contribution in [3.05, 3.63) is 60.2 Å². The molecular formula is C17H19NO2S. The van der Waals surface area contributed by atoms with Gasteiger partial charge in [0.15, 0.2) is 5.60 Å². The van der Waals surface area contributed by atoms with Crippen molar-refractivity contribution in [1.29, 1.82) is 0 Å². The van der Waals surface area contributed by atoms with Gasteiger partial charge in [0.1, 0.15) is 16.5 Å². The van der Waals surface area contributed by atoms with E-state index in [2.05, 4.69) is 0 Å². The summed E-state index contributed by atoms with van der Waals surface area (Å²) < 4.78 is 6.17. The van der Waals surface area contributed by atoms with Gasteiger partial charge in [0, 0.05) is 19.7 Å². The van der Waals surface area contributed by atoms with Crippen LogP contribution in [0.3, 0.4) is 0 Å². The second kappa shape index (κ2) is 6.14. The number of phenols is 1. The van der Waals surface area contributed by atoms with Gasteiger partial charge in [0.2, 0.25) is 0 Å². The van der Waals surface area contributed by atoms with E-state index in [0.717, 1.165) is 5.56 Å². The summed E-state index contributed by atoms with van der Waals surface area (Å²) in [7, 11) is 3.81. The number of ether oxygens (including phenoxy) is 1. The monoisotopic (exact) mass is 301 g/mol. The summed E-state index contributed by atoms with van der Waals surface area (Å²) in [5.41, 5.74) is 0.230. The minimum absolute atomic E-state index is 0.207. The molecule has 0 aliphatic heterocycles. The first kappa shape index (κ1) is 15.3. The Morgan fingerprint density at radius 3 is 2.14 bits per heavy atom. The largest absolute Gasteiger partial charge is 0.508 e. The highest BCUT2D eigenvalue weighted by molar-refractivity contribution is 7.80. The number of nitrogens with zero attached hydrogens (tertiary/aromatic N) is 1. The molecule has 1 atom stereocenters.